The average Bonchev–Trinajstić information content (AvgIpc) is 2.20. The van der Waals surface area contributed by atoms with Gasteiger partial charge in [0.1, 0.15) is 10.7 Å². The van der Waals surface area contributed by atoms with Crippen molar-refractivity contribution in [1.29, 1.82) is 0 Å². The van der Waals surface area contributed by atoms with Gasteiger partial charge in [-0.1, -0.05) is 11.6 Å². The normalized spacial score (nSPS) is 11.7. The van der Waals surface area contributed by atoms with E-state index in [1.165, 1.54) is 13.1 Å². The first-order valence-corrected chi connectivity index (χ1v) is 6.29. The fourth-order valence-corrected chi connectivity index (χ4v) is 2.39. The molecule has 0 bridgehead atoms. The summed E-state index contributed by atoms with van der Waals surface area (Å²) in [6.07, 6.45) is 0. The third kappa shape index (κ3) is 2.60. The molecule has 84 valence electrons. The lowest BCUT2D eigenvalue weighted by atomic mass is 10.2. The Morgan fingerprint density at radius 2 is 2.07 bits per heavy atom. The Balaban J connectivity index is 3.49. The van der Waals surface area contributed by atoms with Crippen molar-refractivity contribution in [2.75, 3.05) is 7.05 Å². The van der Waals surface area contributed by atoms with Crippen molar-refractivity contribution in [2.24, 2.45) is 0 Å². The zero-order chi connectivity index (χ0) is 11.6. The maximum Gasteiger partial charge on any atom is 0.243 e. The second-order valence-corrected chi connectivity index (χ2v) is 5.28. The highest BCUT2D eigenvalue weighted by molar-refractivity contribution is 7.89. The molecule has 15 heavy (non-hydrogen) atoms. The van der Waals surface area contributed by atoms with Crippen LogP contribution in [0.5, 0.6) is 0 Å². The number of hydrogen-bond acceptors (Lipinski definition) is 2. The molecule has 0 fully saturated rings. The van der Waals surface area contributed by atoms with Crippen molar-refractivity contribution in [1.82, 2.24) is 4.72 Å². The van der Waals surface area contributed by atoms with Crippen LogP contribution in [0.4, 0.5) is 4.39 Å². The molecule has 0 unspecified atom stereocenters. The zero-order valence-corrected chi connectivity index (χ0v) is 10.0. The smallest absolute Gasteiger partial charge is 0.214 e. The summed E-state index contributed by atoms with van der Waals surface area (Å²) < 4.78 is 38.4. The lowest BCUT2D eigenvalue weighted by molar-refractivity contribution is 0.556. The van der Waals surface area contributed by atoms with E-state index in [0.29, 0.717) is 0 Å². The van der Waals surface area contributed by atoms with E-state index < -0.39 is 20.7 Å². The molecule has 7 heteroatoms. The van der Waals surface area contributed by atoms with E-state index in [1.807, 2.05) is 4.72 Å². The molecular weight excluding hydrogens is 264 g/mol. The maximum atomic E-state index is 13.6. The van der Waals surface area contributed by atoms with E-state index in [2.05, 4.69) is 0 Å². The van der Waals surface area contributed by atoms with Gasteiger partial charge in [-0.15, -0.1) is 11.6 Å². The van der Waals surface area contributed by atoms with Gasteiger partial charge >= 0.3 is 0 Å². The zero-order valence-electron chi connectivity index (χ0n) is 7.72. The Bertz CT molecular complexity index is 476. The molecule has 0 saturated carbocycles. The molecule has 1 aromatic carbocycles. The second kappa shape index (κ2) is 4.65. The summed E-state index contributed by atoms with van der Waals surface area (Å²) in [5.74, 6) is -1.01. The summed E-state index contributed by atoms with van der Waals surface area (Å²) >= 11 is 11.1. The van der Waals surface area contributed by atoms with Crippen LogP contribution in [0.25, 0.3) is 0 Å². The number of sulfonamides is 1. The molecule has 0 aliphatic heterocycles. The van der Waals surface area contributed by atoms with E-state index in [1.54, 1.807) is 0 Å². The van der Waals surface area contributed by atoms with Gasteiger partial charge in [0.05, 0.1) is 5.88 Å². The molecule has 0 atom stereocenters. The first-order valence-electron chi connectivity index (χ1n) is 3.90. The molecule has 0 aliphatic carbocycles. The minimum atomic E-state index is -3.85. The highest BCUT2D eigenvalue weighted by atomic mass is 35.5. The number of hydrogen-bond donors (Lipinski definition) is 1. The molecule has 0 heterocycles. The van der Waals surface area contributed by atoms with Crippen LogP contribution in [0.2, 0.25) is 5.02 Å². The van der Waals surface area contributed by atoms with Crippen LogP contribution in [0.1, 0.15) is 5.56 Å². The summed E-state index contributed by atoms with van der Waals surface area (Å²) in [6, 6.07) is 2.33. The fourth-order valence-electron chi connectivity index (χ4n) is 1.02. The number of nitrogens with one attached hydrogen (secondary N) is 1. The van der Waals surface area contributed by atoms with Crippen LogP contribution in [0.3, 0.4) is 0 Å². The first-order chi connectivity index (χ1) is 6.92. The lowest BCUT2D eigenvalue weighted by Crippen LogP contribution is -2.20. The number of alkyl halides is 1. The lowest BCUT2D eigenvalue weighted by Gasteiger charge is -2.07. The van der Waals surface area contributed by atoms with Gasteiger partial charge in [0.25, 0.3) is 0 Å². The van der Waals surface area contributed by atoms with Crippen molar-refractivity contribution in [3.05, 3.63) is 28.5 Å². The molecule has 0 spiro atoms. The molecule has 0 aromatic heterocycles. The Kier molecular flexibility index (Phi) is 3.94. The molecule has 0 saturated heterocycles. The number of benzene rings is 1. The fraction of sp³-hybridized carbons (Fsp3) is 0.250. The number of halogens is 3. The van der Waals surface area contributed by atoms with E-state index in [-0.39, 0.29) is 16.5 Å². The molecular formula is C8H8Cl2FNO2S. The van der Waals surface area contributed by atoms with Crippen LogP contribution in [0, 0.1) is 5.82 Å². The van der Waals surface area contributed by atoms with E-state index in [0.717, 1.165) is 6.07 Å². The highest BCUT2D eigenvalue weighted by Crippen LogP contribution is 2.24. The average molecular weight is 272 g/mol. The van der Waals surface area contributed by atoms with Crippen molar-refractivity contribution >= 4 is 33.2 Å². The summed E-state index contributed by atoms with van der Waals surface area (Å²) in [5.41, 5.74) is 0.0537. The van der Waals surface area contributed by atoms with E-state index in [9.17, 15) is 12.8 Å². The molecule has 0 amide bonds. The van der Waals surface area contributed by atoms with Crippen LogP contribution in [-0.2, 0) is 15.9 Å². The summed E-state index contributed by atoms with van der Waals surface area (Å²) in [5, 5.41) is 0.126. The Labute approximate surface area is 97.2 Å². The Morgan fingerprint density at radius 3 is 2.53 bits per heavy atom. The predicted molar refractivity (Wildman–Crippen MR) is 57.2 cm³/mol. The van der Waals surface area contributed by atoms with Gasteiger partial charge in [-0.2, -0.15) is 0 Å². The Hall–Kier alpha value is -0.360. The SMILES string of the molecule is CNS(=O)(=O)c1cc(Cl)cc(CCl)c1F. The van der Waals surface area contributed by atoms with E-state index >= 15 is 0 Å². The number of rotatable bonds is 3. The largest absolute Gasteiger partial charge is 0.243 e. The van der Waals surface area contributed by atoms with Gasteiger partial charge in [-0.05, 0) is 19.2 Å². The van der Waals surface area contributed by atoms with Crippen molar-refractivity contribution < 1.29 is 12.8 Å². The molecule has 0 radical (unpaired) electrons. The molecule has 1 aromatic rings. The highest BCUT2D eigenvalue weighted by Gasteiger charge is 2.20. The molecule has 3 nitrogen and oxygen atoms in total. The van der Waals surface area contributed by atoms with Gasteiger partial charge in [0, 0.05) is 10.6 Å². The van der Waals surface area contributed by atoms with Gasteiger partial charge in [-0.3, -0.25) is 0 Å². The summed E-state index contributed by atoms with van der Waals surface area (Å²) in [6.45, 7) is 0. The van der Waals surface area contributed by atoms with Gasteiger partial charge in [-0.25, -0.2) is 17.5 Å². The first kappa shape index (κ1) is 12.7. The monoisotopic (exact) mass is 271 g/mol. The van der Waals surface area contributed by atoms with Gasteiger partial charge < -0.3 is 0 Å². The quantitative estimate of drug-likeness (QED) is 0.857. The molecule has 0 aliphatic rings. The van der Waals surface area contributed by atoms with Crippen molar-refractivity contribution in [3.8, 4) is 0 Å². The van der Waals surface area contributed by atoms with Gasteiger partial charge in [0.2, 0.25) is 10.0 Å². The molecule has 1 rings (SSSR count). The summed E-state index contributed by atoms with van der Waals surface area (Å²) in [4.78, 5) is -0.492. The minimum Gasteiger partial charge on any atom is -0.214 e. The minimum absolute atomic E-state index is 0.0537. The molecule has 1 N–H and O–H groups in total. The Morgan fingerprint density at radius 1 is 1.47 bits per heavy atom. The third-order valence-electron chi connectivity index (χ3n) is 1.78. The van der Waals surface area contributed by atoms with Crippen LogP contribution < -0.4 is 4.72 Å². The van der Waals surface area contributed by atoms with Crippen molar-refractivity contribution in [2.45, 2.75) is 10.8 Å². The second-order valence-electron chi connectivity index (χ2n) is 2.72. The third-order valence-corrected chi connectivity index (χ3v) is 3.70. The van der Waals surface area contributed by atoms with Crippen LogP contribution in [-0.4, -0.2) is 15.5 Å². The van der Waals surface area contributed by atoms with Crippen molar-refractivity contribution in [3.63, 3.8) is 0 Å². The van der Waals surface area contributed by atoms with Gasteiger partial charge in [0.15, 0.2) is 0 Å². The summed E-state index contributed by atoms with van der Waals surface area (Å²) in [7, 11) is -2.66. The van der Waals surface area contributed by atoms with Crippen LogP contribution in [0.15, 0.2) is 17.0 Å². The predicted octanol–water partition coefficient (Wildman–Crippen LogP) is 2.13. The topological polar surface area (TPSA) is 46.2 Å². The van der Waals surface area contributed by atoms with Crippen LogP contribution >= 0.6 is 23.2 Å². The standard InChI is InChI=1S/C8H8Cl2FNO2S/c1-12-15(13,14)7-3-6(10)2-5(4-9)8(7)11/h2-3,12H,4H2,1H3. The van der Waals surface area contributed by atoms with E-state index in [4.69, 9.17) is 23.2 Å². The maximum absolute atomic E-state index is 13.6.